The van der Waals surface area contributed by atoms with Crippen molar-refractivity contribution in [3.05, 3.63) is 65.5 Å². The summed E-state index contributed by atoms with van der Waals surface area (Å²) < 4.78 is 7.32. The summed E-state index contributed by atoms with van der Waals surface area (Å²) >= 11 is 0. The van der Waals surface area contributed by atoms with Crippen LogP contribution in [0.4, 0.5) is 0 Å². The van der Waals surface area contributed by atoms with Crippen LogP contribution >= 0.6 is 0 Å². The molecule has 0 unspecified atom stereocenters. The van der Waals surface area contributed by atoms with Crippen LogP contribution in [0.5, 0.6) is 0 Å². The second-order valence-corrected chi connectivity index (χ2v) is 5.04. The van der Waals surface area contributed by atoms with Crippen LogP contribution in [0.25, 0.3) is 11.0 Å². The fourth-order valence-corrected chi connectivity index (χ4v) is 2.48. The molecule has 1 heterocycles. The van der Waals surface area contributed by atoms with Crippen LogP contribution in [0.15, 0.2) is 48.5 Å². The molecular weight excluding hydrogens is 280 g/mol. The molecule has 0 fully saturated rings. The Morgan fingerprint density at radius 2 is 1.91 bits per heavy atom. The number of aromatic carboxylic acids is 1. The molecule has 0 amide bonds. The molecule has 0 bridgehead atoms. The minimum Gasteiger partial charge on any atom is -0.478 e. The molecule has 0 aliphatic carbocycles. The quantitative estimate of drug-likeness (QED) is 0.786. The molecule has 5 nitrogen and oxygen atoms in total. The van der Waals surface area contributed by atoms with Crippen LogP contribution < -0.4 is 0 Å². The summed E-state index contributed by atoms with van der Waals surface area (Å²) in [5, 5.41) is 8.96. The van der Waals surface area contributed by atoms with Gasteiger partial charge in [-0.2, -0.15) is 0 Å². The molecular formula is C17H16N2O3. The van der Waals surface area contributed by atoms with E-state index in [0.29, 0.717) is 13.2 Å². The first kappa shape index (κ1) is 14.3. The van der Waals surface area contributed by atoms with Gasteiger partial charge in [0.05, 0.1) is 16.6 Å². The van der Waals surface area contributed by atoms with Crippen LogP contribution in [-0.4, -0.2) is 27.7 Å². The average molecular weight is 296 g/mol. The van der Waals surface area contributed by atoms with E-state index in [0.717, 1.165) is 22.4 Å². The number of carboxylic acid groups (broad SMARTS) is 1. The van der Waals surface area contributed by atoms with Gasteiger partial charge in [0.25, 0.3) is 0 Å². The Hall–Kier alpha value is -2.66. The number of hydrogen-bond donors (Lipinski definition) is 1. The van der Waals surface area contributed by atoms with E-state index in [2.05, 4.69) is 9.55 Å². The van der Waals surface area contributed by atoms with Gasteiger partial charge in [0.1, 0.15) is 12.4 Å². The van der Waals surface area contributed by atoms with Crippen molar-refractivity contribution in [2.24, 2.45) is 0 Å². The Labute approximate surface area is 127 Å². The van der Waals surface area contributed by atoms with E-state index in [9.17, 15) is 4.79 Å². The Balaban J connectivity index is 1.98. The molecule has 22 heavy (non-hydrogen) atoms. The van der Waals surface area contributed by atoms with E-state index in [4.69, 9.17) is 9.84 Å². The minimum absolute atomic E-state index is 0.288. The molecule has 0 atom stereocenters. The number of methoxy groups -OCH3 is 1. The molecule has 0 saturated carbocycles. The van der Waals surface area contributed by atoms with E-state index in [1.54, 1.807) is 19.2 Å². The molecule has 0 aliphatic heterocycles. The Kier molecular flexibility index (Phi) is 3.89. The van der Waals surface area contributed by atoms with Gasteiger partial charge in [-0.1, -0.05) is 24.3 Å². The average Bonchev–Trinajstić information content (AvgIpc) is 2.86. The maximum Gasteiger partial charge on any atom is 0.335 e. The highest BCUT2D eigenvalue weighted by atomic mass is 16.5. The van der Waals surface area contributed by atoms with Crippen LogP contribution in [-0.2, 0) is 17.9 Å². The van der Waals surface area contributed by atoms with Gasteiger partial charge in [0.15, 0.2) is 0 Å². The first-order valence-corrected chi connectivity index (χ1v) is 6.94. The van der Waals surface area contributed by atoms with Gasteiger partial charge in [0.2, 0.25) is 0 Å². The topological polar surface area (TPSA) is 64.4 Å². The van der Waals surface area contributed by atoms with Crippen molar-refractivity contribution in [3.63, 3.8) is 0 Å². The number of nitrogens with zero attached hydrogens (tertiary/aromatic N) is 2. The van der Waals surface area contributed by atoms with Crippen LogP contribution in [0.3, 0.4) is 0 Å². The van der Waals surface area contributed by atoms with Gasteiger partial charge in [-0.3, -0.25) is 0 Å². The van der Waals surface area contributed by atoms with Crippen LogP contribution in [0.1, 0.15) is 21.7 Å². The summed E-state index contributed by atoms with van der Waals surface area (Å²) in [4.78, 5) is 15.5. The van der Waals surface area contributed by atoms with Gasteiger partial charge in [0, 0.05) is 13.7 Å². The molecule has 0 radical (unpaired) electrons. The SMILES string of the molecule is COCc1nc2ccccc2n1Cc1ccc(C(=O)O)cc1. The van der Waals surface area contributed by atoms with E-state index >= 15 is 0 Å². The first-order valence-electron chi connectivity index (χ1n) is 6.94. The first-order chi connectivity index (χ1) is 10.7. The number of fused-ring (bicyclic) bond motifs is 1. The highest BCUT2D eigenvalue weighted by Crippen LogP contribution is 2.18. The van der Waals surface area contributed by atoms with Gasteiger partial charge in [-0.05, 0) is 29.8 Å². The molecule has 3 aromatic rings. The fourth-order valence-electron chi connectivity index (χ4n) is 2.48. The maximum absolute atomic E-state index is 10.9. The predicted octanol–water partition coefficient (Wildman–Crippen LogP) is 2.93. The maximum atomic E-state index is 10.9. The third kappa shape index (κ3) is 2.71. The van der Waals surface area contributed by atoms with Crippen molar-refractivity contribution in [3.8, 4) is 0 Å². The van der Waals surface area contributed by atoms with Crippen molar-refractivity contribution >= 4 is 17.0 Å². The molecule has 112 valence electrons. The molecule has 0 spiro atoms. The van der Waals surface area contributed by atoms with Crippen LogP contribution in [0.2, 0.25) is 0 Å². The summed E-state index contributed by atoms with van der Waals surface area (Å²) in [6.45, 7) is 1.06. The molecule has 2 aromatic carbocycles. The normalized spacial score (nSPS) is 11.0. The monoisotopic (exact) mass is 296 g/mol. The standard InChI is InChI=1S/C17H16N2O3/c1-22-11-16-18-14-4-2-3-5-15(14)19(16)10-12-6-8-13(9-7-12)17(20)21/h2-9H,10-11H2,1H3,(H,20,21). The number of carbonyl (C=O) groups is 1. The zero-order valence-electron chi connectivity index (χ0n) is 12.2. The number of hydrogen-bond acceptors (Lipinski definition) is 3. The molecule has 1 aromatic heterocycles. The van der Waals surface area contributed by atoms with Gasteiger partial charge in [-0.15, -0.1) is 0 Å². The Morgan fingerprint density at radius 1 is 1.18 bits per heavy atom. The number of benzene rings is 2. The third-order valence-electron chi connectivity index (χ3n) is 3.55. The Morgan fingerprint density at radius 3 is 2.59 bits per heavy atom. The minimum atomic E-state index is -0.917. The van der Waals surface area contributed by atoms with Crippen molar-refractivity contribution in [2.45, 2.75) is 13.2 Å². The van der Waals surface area contributed by atoms with E-state index < -0.39 is 5.97 Å². The summed E-state index contributed by atoms with van der Waals surface area (Å²) in [6.07, 6.45) is 0. The fraction of sp³-hybridized carbons (Fsp3) is 0.176. The largest absolute Gasteiger partial charge is 0.478 e. The van der Waals surface area contributed by atoms with Crippen molar-refractivity contribution in [2.75, 3.05) is 7.11 Å². The number of rotatable bonds is 5. The summed E-state index contributed by atoms with van der Waals surface area (Å²) in [5.74, 6) is -0.0642. The molecule has 0 saturated heterocycles. The Bertz CT molecular complexity index is 806. The van der Waals surface area contributed by atoms with Crippen LogP contribution in [0, 0.1) is 0 Å². The predicted molar refractivity (Wildman–Crippen MR) is 82.9 cm³/mol. The molecule has 5 heteroatoms. The lowest BCUT2D eigenvalue weighted by Crippen LogP contribution is -2.06. The highest BCUT2D eigenvalue weighted by Gasteiger charge is 2.11. The number of carboxylic acids is 1. The number of ether oxygens (including phenoxy) is 1. The van der Waals surface area contributed by atoms with Gasteiger partial charge in [-0.25, -0.2) is 9.78 Å². The number of imidazole rings is 1. The molecule has 1 N–H and O–H groups in total. The number of para-hydroxylation sites is 2. The lowest BCUT2D eigenvalue weighted by molar-refractivity contribution is 0.0697. The smallest absolute Gasteiger partial charge is 0.335 e. The number of aromatic nitrogens is 2. The van der Waals surface area contributed by atoms with E-state index in [1.807, 2.05) is 36.4 Å². The van der Waals surface area contributed by atoms with Gasteiger partial charge >= 0.3 is 5.97 Å². The summed E-state index contributed by atoms with van der Waals surface area (Å²) in [6, 6.07) is 14.8. The van der Waals surface area contributed by atoms with Crippen molar-refractivity contribution in [1.82, 2.24) is 9.55 Å². The second kappa shape index (κ2) is 5.99. The summed E-state index contributed by atoms with van der Waals surface area (Å²) in [7, 11) is 1.64. The lowest BCUT2D eigenvalue weighted by Gasteiger charge is -2.09. The van der Waals surface area contributed by atoms with Crippen molar-refractivity contribution in [1.29, 1.82) is 0 Å². The molecule has 0 aliphatic rings. The second-order valence-electron chi connectivity index (χ2n) is 5.04. The zero-order chi connectivity index (χ0) is 15.5. The van der Waals surface area contributed by atoms with Crippen molar-refractivity contribution < 1.29 is 14.6 Å². The zero-order valence-corrected chi connectivity index (χ0v) is 12.2. The van der Waals surface area contributed by atoms with Gasteiger partial charge < -0.3 is 14.4 Å². The highest BCUT2D eigenvalue weighted by molar-refractivity contribution is 5.87. The molecule has 3 rings (SSSR count). The lowest BCUT2D eigenvalue weighted by atomic mass is 10.1. The van der Waals surface area contributed by atoms with E-state index in [1.165, 1.54) is 0 Å². The summed E-state index contributed by atoms with van der Waals surface area (Å²) in [5.41, 5.74) is 3.27. The third-order valence-corrected chi connectivity index (χ3v) is 3.55. The van der Waals surface area contributed by atoms with E-state index in [-0.39, 0.29) is 5.56 Å².